The summed E-state index contributed by atoms with van der Waals surface area (Å²) in [5, 5.41) is 3.38. The second kappa shape index (κ2) is 6.85. The van der Waals surface area contributed by atoms with E-state index in [1.807, 2.05) is 32.0 Å². The van der Waals surface area contributed by atoms with E-state index in [2.05, 4.69) is 15.3 Å². The van der Waals surface area contributed by atoms with Gasteiger partial charge in [0.15, 0.2) is 11.2 Å². The van der Waals surface area contributed by atoms with Gasteiger partial charge in [0, 0.05) is 17.4 Å². The lowest BCUT2D eigenvalue weighted by Crippen LogP contribution is -2.13. The summed E-state index contributed by atoms with van der Waals surface area (Å²) in [5.41, 5.74) is 4.95. The van der Waals surface area contributed by atoms with Gasteiger partial charge in [0.2, 0.25) is 5.89 Å². The largest absolute Gasteiger partial charge is 0.434 e. The van der Waals surface area contributed by atoms with E-state index in [4.69, 9.17) is 16.0 Å². The SMILES string of the molecule is Cc1ccc(C(=O)Nc2ccc(Cl)c(-c3nc4ncccc4o3)c2)c(C)c1. The molecule has 0 bridgehead atoms. The predicted molar refractivity (Wildman–Crippen MR) is 106 cm³/mol. The number of pyridine rings is 1. The van der Waals surface area contributed by atoms with Crippen LogP contribution in [-0.4, -0.2) is 15.9 Å². The molecule has 134 valence electrons. The summed E-state index contributed by atoms with van der Waals surface area (Å²) in [6.45, 7) is 3.91. The van der Waals surface area contributed by atoms with Gasteiger partial charge in [-0.25, -0.2) is 4.98 Å². The zero-order chi connectivity index (χ0) is 19.0. The van der Waals surface area contributed by atoms with Gasteiger partial charge in [0.25, 0.3) is 5.91 Å². The number of hydrogen-bond acceptors (Lipinski definition) is 4. The van der Waals surface area contributed by atoms with Crippen LogP contribution in [0.2, 0.25) is 5.02 Å². The van der Waals surface area contributed by atoms with E-state index in [1.165, 1.54) is 0 Å². The Morgan fingerprint density at radius 3 is 2.74 bits per heavy atom. The molecule has 2 heterocycles. The van der Waals surface area contributed by atoms with Crippen molar-refractivity contribution in [2.24, 2.45) is 0 Å². The van der Waals surface area contributed by atoms with E-state index in [9.17, 15) is 4.79 Å². The third-order valence-electron chi connectivity index (χ3n) is 4.25. The summed E-state index contributed by atoms with van der Waals surface area (Å²) < 4.78 is 5.74. The Kier molecular flexibility index (Phi) is 4.38. The van der Waals surface area contributed by atoms with Crippen LogP contribution >= 0.6 is 11.6 Å². The lowest BCUT2D eigenvalue weighted by molar-refractivity contribution is 0.102. The molecule has 2 aromatic carbocycles. The fraction of sp³-hybridized carbons (Fsp3) is 0.0952. The monoisotopic (exact) mass is 377 g/mol. The van der Waals surface area contributed by atoms with Crippen LogP contribution < -0.4 is 5.32 Å². The normalized spacial score (nSPS) is 10.9. The Morgan fingerprint density at radius 2 is 1.96 bits per heavy atom. The molecule has 0 atom stereocenters. The Balaban J connectivity index is 1.67. The Labute approximate surface area is 161 Å². The maximum Gasteiger partial charge on any atom is 0.255 e. The first kappa shape index (κ1) is 17.2. The second-order valence-electron chi connectivity index (χ2n) is 6.31. The number of rotatable bonds is 3. The third-order valence-corrected chi connectivity index (χ3v) is 4.58. The molecule has 1 N–H and O–H groups in total. The number of carbonyl (C=O) groups is 1. The van der Waals surface area contributed by atoms with Crippen LogP contribution in [0.4, 0.5) is 5.69 Å². The van der Waals surface area contributed by atoms with Gasteiger partial charge in [-0.2, -0.15) is 4.98 Å². The molecular formula is C21H16ClN3O2. The zero-order valence-electron chi connectivity index (χ0n) is 14.8. The van der Waals surface area contributed by atoms with Crippen molar-refractivity contribution in [3.05, 3.63) is 76.4 Å². The number of nitrogens with zero attached hydrogens (tertiary/aromatic N) is 2. The van der Waals surface area contributed by atoms with E-state index >= 15 is 0 Å². The molecule has 0 fully saturated rings. The average Bonchev–Trinajstić information content (AvgIpc) is 3.07. The first-order valence-electron chi connectivity index (χ1n) is 8.41. The summed E-state index contributed by atoms with van der Waals surface area (Å²) in [4.78, 5) is 21.2. The molecule has 0 spiro atoms. The topological polar surface area (TPSA) is 68.0 Å². The van der Waals surface area contributed by atoms with Crippen molar-refractivity contribution < 1.29 is 9.21 Å². The van der Waals surface area contributed by atoms with Crippen LogP contribution in [0.1, 0.15) is 21.5 Å². The molecule has 0 aliphatic rings. The summed E-state index contributed by atoms with van der Waals surface area (Å²) in [6, 6.07) is 14.5. The van der Waals surface area contributed by atoms with Gasteiger partial charge in [-0.15, -0.1) is 0 Å². The van der Waals surface area contributed by atoms with Crippen molar-refractivity contribution in [2.45, 2.75) is 13.8 Å². The van der Waals surface area contributed by atoms with E-state index in [0.717, 1.165) is 11.1 Å². The summed E-state index contributed by atoms with van der Waals surface area (Å²) in [7, 11) is 0. The molecule has 1 amide bonds. The number of benzene rings is 2. The van der Waals surface area contributed by atoms with Crippen LogP contribution in [0.5, 0.6) is 0 Å². The van der Waals surface area contributed by atoms with Crippen LogP contribution in [0.3, 0.4) is 0 Å². The molecule has 0 saturated carbocycles. The fourth-order valence-corrected chi connectivity index (χ4v) is 3.12. The molecule has 0 radical (unpaired) electrons. The van der Waals surface area contributed by atoms with E-state index in [1.54, 1.807) is 36.5 Å². The van der Waals surface area contributed by atoms with Crippen molar-refractivity contribution in [3.8, 4) is 11.5 Å². The molecule has 0 unspecified atom stereocenters. The zero-order valence-corrected chi connectivity index (χ0v) is 15.5. The van der Waals surface area contributed by atoms with Crippen LogP contribution in [-0.2, 0) is 0 Å². The number of carbonyl (C=O) groups excluding carboxylic acids is 1. The molecule has 6 heteroatoms. The maximum atomic E-state index is 12.6. The minimum Gasteiger partial charge on any atom is -0.434 e. The molecule has 4 aromatic rings. The van der Waals surface area contributed by atoms with Crippen molar-refractivity contribution in [2.75, 3.05) is 5.32 Å². The molecule has 27 heavy (non-hydrogen) atoms. The minimum absolute atomic E-state index is 0.181. The molecular weight excluding hydrogens is 362 g/mol. The van der Waals surface area contributed by atoms with Crippen LogP contribution in [0.15, 0.2) is 59.1 Å². The minimum atomic E-state index is -0.181. The highest BCUT2D eigenvalue weighted by Crippen LogP contribution is 2.32. The molecule has 0 saturated heterocycles. The van der Waals surface area contributed by atoms with Gasteiger partial charge in [-0.1, -0.05) is 29.3 Å². The quantitative estimate of drug-likeness (QED) is 0.518. The third kappa shape index (κ3) is 3.41. The first-order valence-corrected chi connectivity index (χ1v) is 8.79. The van der Waals surface area contributed by atoms with Gasteiger partial charge < -0.3 is 9.73 Å². The lowest BCUT2D eigenvalue weighted by Gasteiger charge is -2.10. The van der Waals surface area contributed by atoms with Crippen molar-refractivity contribution in [1.82, 2.24) is 9.97 Å². The number of amides is 1. The smallest absolute Gasteiger partial charge is 0.255 e. The molecule has 2 aromatic heterocycles. The number of oxazole rings is 1. The highest BCUT2D eigenvalue weighted by Gasteiger charge is 2.15. The predicted octanol–water partition coefficient (Wildman–Crippen LogP) is 5.41. The number of anilines is 1. The number of aromatic nitrogens is 2. The van der Waals surface area contributed by atoms with Crippen molar-refractivity contribution in [1.29, 1.82) is 0 Å². The molecule has 4 rings (SSSR count). The Bertz CT molecular complexity index is 1130. The highest BCUT2D eigenvalue weighted by atomic mass is 35.5. The second-order valence-corrected chi connectivity index (χ2v) is 6.72. The summed E-state index contributed by atoms with van der Waals surface area (Å²) >= 11 is 6.32. The Morgan fingerprint density at radius 1 is 1.11 bits per heavy atom. The number of nitrogens with one attached hydrogen (secondary N) is 1. The van der Waals surface area contributed by atoms with Crippen molar-refractivity contribution in [3.63, 3.8) is 0 Å². The van der Waals surface area contributed by atoms with E-state index < -0.39 is 0 Å². The number of halogens is 1. The van der Waals surface area contributed by atoms with Gasteiger partial charge in [-0.05, 0) is 55.8 Å². The average molecular weight is 378 g/mol. The van der Waals surface area contributed by atoms with Gasteiger partial charge >= 0.3 is 0 Å². The van der Waals surface area contributed by atoms with Crippen LogP contribution in [0.25, 0.3) is 22.7 Å². The fourth-order valence-electron chi connectivity index (χ4n) is 2.92. The first-order chi connectivity index (χ1) is 13.0. The number of aryl methyl sites for hydroxylation is 2. The standard InChI is InChI=1S/C21H16ClN3O2/c1-12-5-7-15(13(2)10-12)20(26)24-14-6-8-17(22)16(11-14)21-25-19-18(27-21)4-3-9-23-19/h3-11H,1-2H3,(H,24,26). The molecule has 5 nitrogen and oxygen atoms in total. The Hall–Kier alpha value is -3.18. The van der Waals surface area contributed by atoms with Crippen molar-refractivity contribution >= 4 is 34.4 Å². The molecule has 0 aliphatic heterocycles. The van der Waals surface area contributed by atoms with E-state index in [0.29, 0.717) is 39.0 Å². The maximum absolute atomic E-state index is 12.6. The molecule has 0 aliphatic carbocycles. The van der Waals surface area contributed by atoms with E-state index in [-0.39, 0.29) is 5.91 Å². The summed E-state index contributed by atoms with van der Waals surface area (Å²) in [6.07, 6.45) is 1.65. The lowest BCUT2D eigenvalue weighted by atomic mass is 10.1. The van der Waals surface area contributed by atoms with Gasteiger partial charge in [0.05, 0.1) is 10.6 Å². The summed E-state index contributed by atoms with van der Waals surface area (Å²) in [5.74, 6) is 0.177. The van der Waals surface area contributed by atoms with Gasteiger partial charge in [-0.3, -0.25) is 4.79 Å². The highest BCUT2D eigenvalue weighted by molar-refractivity contribution is 6.33. The number of hydrogen-bond donors (Lipinski definition) is 1. The van der Waals surface area contributed by atoms with Crippen LogP contribution in [0, 0.1) is 13.8 Å². The van der Waals surface area contributed by atoms with Gasteiger partial charge in [0.1, 0.15) is 0 Å². The number of fused-ring (bicyclic) bond motifs is 1.